The molecule has 3 nitrogen and oxygen atoms in total. The summed E-state index contributed by atoms with van der Waals surface area (Å²) in [5, 5.41) is 9.87. The molecule has 19 heavy (non-hydrogen) atoms. The molecule has 1 atom stereocenters. The lowest BCUT2D eigenvalue weighted by atomic mass is 10.2. The van der Waals surface area contributed by atoms with E-state index in [2.05, 4.69) is 15.9 Å². The van der Waals surface area contributed by atoms with E-state index in [1.54, 1.807) is 6.07 Å². The number of rotatable bonds is 2. The van der Waals surface area contributed by atoms with Crippen LogP contribution in [0, 0.1) is 11.3 Å². The molecule has 1 aromatic rings. The smallest absolute Gasteiger partial charge is 0.101 e. The molecule has 2 aliphatic heterocycles. The second-order valence-corrected chi connectivity index (χ2v) is 5.84. The Kier molecular flexibility index (Phi) is 3.63. The zero-order valence-electron chi connectivity index (χ0n) is 11.0. The fraction of sp³-hybridized carbons (Fsp3) is 0.533. The maximum absolute atomic E-state index is 9.23. The fourth-order valence-corrected chi connectivity index (χ4v) is 3.41. The molecule has 2 saturated heterocycles. The number of likely N-dealkylation sites (tertiary alicyclic amines) is 1. The zero-order valence-corrected chi connectivity index (χ0v) is 11.7. The van der Waals surface area contributed by atoms with E-state index in [-0.39, 0.29) is 0 Å². The van der Waals surface area contributed by atoms with E-state index in [0.717, 1.165) is 18.8 Å². The number of nitrogens with zero attached hydrogens (tertiary/aromatic N) is 3. The topological polar surface area (TPSA) is 30.3 Å². The summed E-state index contributed by atoms with van der Waals surface area (Å²) in [4.78, 5) is 4.93. The first-order valence-electron chi connectivity index (χ1n) is 6.96. The molecule has 0 aromatic heterocycles. The molecule has 4 heteroatoms. The Labute approximate surface area is 119 Å². The van der Waals surface area contributed by atoms with Crippen molar-refractivity contribution < 1.29 is 0 Å². The van der Waals surface area contributed by atoms with Gasteiger partial charge in [0.05, 0.1) is 11.3 Å². The van der Waals surface area contributed by atoms with Crippen LogP contribution >= 0.6 is 11.6 Å². The van der Waals surface area contributed by atoms with Gasteiger partial charge in [-0.2, -0.15) is 5.26 Å². The SMILES string of the molecule is N#Cc1cc(Cl)ccc1N1CCC(N2CCCC2)C1. The van der Waals surface area contributed by atoms with Crippen LogP contribution in [0.1, 0.15) is 24.8 Å². The van der Waals surface area contributed by atoms with E-state index in [0.29, 0.717) is 16.6 Å². The summed E-state index contributed by atoms with van der Waals surface area (Å²) in [6.07, 6.45) is 3.87. The third-order valence-corrected chi connectivity index (χ3v) is 4.48. The van der Waals surface area contributed by atoms with Gasteiger partial charge in [-0.05, 0) is 50.6 Å². The van der Waals surface area contributed by atoms with Crippen LogP contribution in [0.3, 0.4) is 0 Å². The average Bonchev–Trinajstić information content (AvgIpc) is 3.09. The number of anilines is 1. The molecule has 2 heterocycles. The first-order chi connectivity index (χ1) is 9.28. The third kappa shape index (κ3) is 2.56. The summed E-state index contributed by atoms with van der Waals surface area (Å²) >= 11 is 5.96. The maximum atomic E-state index is 9.23. The number of benzene rings is 1. The van der Waals surface area contributed by atoms with E-state index < -0.39 is 0 Å². The molecular weight excluding hydrogens is 258 g/mol. The molecule has 0 bridgehead atoms. The van der Waals surface area contributed by atoms with E-state index in [1.165, 1.54) is 32.4 Å². The van der Waals surface area contributed by atoms with Crippen LogP contribution in [0.5, 0.6) is 0 Å². The van der Waals surface area contributed by atoms with Gasteiger partial charge in [0.1, 0.15) is 6.07 Å². The van der Waals surface area contributed by atoms with Crippen molar-refractivity contribution in [1.29, 1.82) is 5.26 Å². The highest BCUT2D eigenvalue weighted by molar-refractivity contribution is 6.30. The van der Waals surface area contributed by atoms with Crippen LogP contribution in [0.15, 0.2) is 18.2 Å². The quantitative estimate of drug-likeness (QED) is 0.831. The highest BCUT2D eigenvalue weighted by Gasteiger charge is 2.30. The van der Waals surface area contributed by atoms with Crippen LogP contribution in [0.25, 0.3) is 0 Å². The van der Waals surface area contributed by atoms with Gasteiger partial charge < -0.3 is 4.90 Å². The Hall–Kier alpha value is -1.24. The summed E-state index contributed by atoms with van der Waals surface area (Å²) < 4.78 is 0. The zero-order chi connectivity index (χ0) is 13.2. The molecule has 100 valence electrons. The maximum Gasteiger partial charge on any atom is 0.101 e. The normalized spacial score (nSPS) is 23.8. The summed E-state index contributed by atoms with van der Waals surface area (Å²) in [6, 6.07) is 8.53. The molecule has 3 rings (SSSR count). The van der Waals surface area contributed by atoms with Gasteiger partial charge in [0.25, 0.3) is 0 Å². The van der Waals surface area contributed by atoms with Crippen molar-refractivity contribution in [2.24, 2.45) is 0 Å². The summed E-state index contributed by atoms with van der Waals surface area (Å²) in [7, 11) is 0. The van der Waals surface area contributed by atoms with Crippen LogP contribution in [0.4, 0.5) is 5.69 Å². The predicted octanol–water partition coefficient (Wildman–Crippen LogP) is 2.89. The largest absolute Gasteiger partial charge is 0.369 e. The number of nitriles is 1. The monoisotopic (exact) mass is 275 g/mol. The molecular formula is C15H18ClN3. The highest BCUT2D eigenvalue weighted by atomic mass is 35.5. The minimum Gasteiger partial charge on any atom is -0.369 e. The molecule has 0 radical (unpaired) electrons. The minimum atomic E-state index is 0.635. The Morgan fingerprint density at radius 2 is 2.00 bits per heavy atom. The summed E-state index contributed by atoms with van der Waals surface area (Å²) in [5.74, 6) is 0. The Morgan fingerprint density at radius 1 is 1.21 bits per heavy atom. The minimum absolute atomic E-state index is 0.635. The second-order valence-electron chi connectivity index (χ2n) is 5.40. The fourth-order valence-electron chi connectivity index (χ4n) is 3.24. The highest BCUT2D eigenvalue weighted by Crippen LogP contribution is 2.29. The lowest BCUT2D eigenvalue weighted by Gasteiger charge is -2.25. The first-order valence-corrected chi connectivity index (χ1v) is 7.34. The molecule has 0 spiro atoms. The molecule has 1 unspecified atom stereocenters. The van der Waals surface area contributed by atoms with Gasteiger partial charge in [-0.15, -0.1) is 0 Å². The van der Waals surface area contributed by atoms with Gasteiger partial charge >= 0.3 is 0 Å². The van der Waals surface area contributed by atoms with Crippen LogP contribution in [0.2, 0.25) is 5.02 Å². The van der Waals surface area contributed by atoms with Crippen molar-refractivity contribution in [1.82, 2.24) is 4.90 Å². The van der Waals surface area contributed by atoms with E-state index >= 15 is 0 Å². The lowest BCUT2D eigenvalue weighted by Crippen LogP contribution is -2.35. The van der Waals surface area contributed by atoms with Gasteiger partial charge in [0.15, 0.2) is 0 Å². The van der Waals surface area contributed by atoms with Gasteiger partial charge in [-0.1, -0.05) is 11.6 Å². The van der Waals surface area contributed by atoms with Crippen molar-refractivity contribution in [2.45, 2.75) is 25.3 Å². The summed E-state index contributed by atoms with van der Waals surface area (Å²) in [6.45, 7) is 4.56. The van der Waals surface area contributed by atoms with Gasteiger partial charge in [0, 0.05) is 24.2 Å². The van der Waals surface area contributed by atoms with Gasteiger partial charge in [0.2, 0.25) is 0 Å². The van der Waals surface area contributed by atoms with Crippen LogP contribution in [-0.4, -0.2) is 37.1 Å². The number of hydrogen-bond acceptors (Lipinski definition) is 3. The Bertz CT molecular complexity index is 503. The van der Waals surface area contributed by atoms with Gasteiger partial charge in [-0.25, -0.2) is 0 Å². The molecule has 0 N–H and O–H groups in total. The van der Waals surface area contributed by atoms with Crippen LogP contribution in [-0.2, 0) is 0 Å². The van der Waals surface area contributed by atoms with Crippen LogP contribution < -0.4 is 4.90 Å². The summed E-state index contributed by atoms with van der Waals surface area (Å²) in [5.41, 5.74) is 1.73. The molecule has 0 aliphatic carbocycles. The molecule has 0 amide bonds. The van der Waals surface area contributed by atoms with Gasteiger partial charge in [-0.3, -0.25) is 4.90 Å². The van der Waals surface area contributed by atoms with Crippen molar-refractivity contribution in [3.8, 4) is 6.07 Å². The number of hydrogen-bond donors (Lipinski definition) is 0. The van der Waals surface area contributed by atoms with E-state index in [1.807, 2.05) is 12.1 Å². The van der Waals surface area contributed by atoms with E-state index in [4.69, 9.17) is 11.6 Å². The van der Waals surface area contributed by atoms with Crippen molar-refractivity contribution >= 4 is 17.3 Å². The van der Waals surface area contributed by atoms with Crippen molar-refractivity contribution in [2.75, 3.05) is 31.1 Å². The lowest BCUT2D eigenvalue weighted by molar-refractivity contribution is 0.260. The average molecular weight is 276 g/mol. The third-order valence-electron chi connectivity index (χ3n) is 4.24. The van der Waals surface area contributed by atoms with Crippen molar-refractivity contribution in [3.63, 3.8) is 0 Å². The first kappa shape index (κ1) is 12.8. The molecule has 2 aliphatic rings. The number of halogens is 1. The van der Waals surface area contributed by atoms with E-state index in [9.17, 15) is 5.26 Å². The Morgan fingerprint density at radius 3 is 2.74 bits per heavy atom. The molecule has 0 saturated carbocycles. The Balaban J connectivity index is 1.75. The molecule has 2 fully saturated rings. The second kappa shape index (κ2) is 5.40. The predicted molar refractivity (Wildman–Crippen MR) is 77.6 cm³/mol. The standard InChI is InChI=1S/C15H18ClN3/c16-13-3-4-15(12(9-13)10-17)19-8-5-14(11-19)18-6-1-2-7-18/h3-4,9,14H,1-2,5-8,11H2. The van der Waals surface area contributed by atoms with Crippen molar-refractivity contribution in [3.05, 3.63) is 28.8 Å². The molecule has 1 aromatic carbocycles.